The first kappa shape index (κ1) is 25.9. The molecule has 1 fully saturated rings. The molecule has 1 aliphatic heterocycles. The van der Waals surface area contributed by atoms with Crippen molar-refractivity contribution in [2.75, 3.05) is 25.1 Å². The van der Waals surface area contributed by atoms with Crippen molar-refractivity contribution < 1.29 is 24.2 Å². The van der Waals surface area contributed by atoms with Crippen LogP contribution in [0.15, 0.2) is 30.4 Å². The topological polar surface area (TPSA) is 95.9 Å². The number of hydrogen-bond donors (Lipinski definition) is 2. The second-order valence-corrected chi connectivity index (χ2v) is 9.41. The SMILES string of the molecule is CCOC(=O)[C@H]1[C@@H]2C(=O)N(CCCCCO)[C@H](C(=O)Nc3cc(C)ccc3C)[C@H]2C=C[C@H]1CC. The maximum Gasteiger partial charge on any atom is 0.310 e. The van der Waals surface area contributed by atoms with Gasteiger partial charge in [-0.2, -0.15) is 0 Å². The number of aliphatic hydroxyl groups excluding tert-OH is 1. The van der Waals surface area contributed by atoms with Crippen molar-refractivity contribution >= 4 is 23.5 Å². The first-order valence-corrected chi connectivity index (χ1v) is 12.5. The lowest BCUT2D eigenvalue weighted by molar-refractivity contribution is -0.155. The maximum atomic E-state index is 13.7. The Bertz CT molecular complexity index is 928. The van der Waals surface area contributed by atoms with Crippen molar-refractivity contribution in [1.82, 2.24) is 4.90 Å². The highest BCUT2D eigenvalue weighted by atomic mass is 16.5. The number of ether oxygens (including phenoxy) is 1. The van der Waals surface area contributed by atoms with E-state index < -0.39 is 23.8 Å². The monoisotopic (exact) mass is 470 g/mol. The van der Waals surface area contributed by atoms with Crippen LogP contribution in [0.2, 0.25) is 0 Å². The number of hydrogen-bond acceptors (Lipinski definition) is 5. The number of rotatable bonds is 10. The predicted molar refractivity (Wildman–Crippen MR) is 131 cm³/mol. The zero-order valence-corrected chi connectivity index (χ0v) is 20.8. The summed E-state index contributed by atoms with van der Waals surface area (Å²) in [6.45, 7) is 8.43. The molecule has 0 saturated carbocycles. The Morgan fingerprint density at radius 1 is 1.12 bits per heavy atom. The van der Waals surface area contributed by atoms with Crippen LogP contribution in [0.25, 0.3) is 0 Å². The Kier molecular flexibility index (Phi) is 8.89. The van der Waals surface area contributed by atoms with Gasteiger partial charge in [0.15, 0.2) is 0 Å². The Labute approximate surface area is 202 Å². The standard InChI is InChI=1S/C27H38N2O5/c1-5-19-12-13-20-23(22(19)27(33)34-6-2)26(32)29(14-8-7-9-15-30)24(20)25(31)28-21-16-17(3)10-11-18(21)4/h10-13,16,19-20,22-24,30H,5-9,14-15H2,1-4H3,(H,28,31)/t19-,20+,22-,23-,24+/m1/s1. The van der Waals surface area contributed by atoms with Gasteiger partial charge in [-0.1, -0.05) is 31.2 Å². The van der Waals surface area contributed by atoms with Crippen LogP contribution in [0.1, 0.15) is 50.7 Å². The van der Waals surface area contributed by atoms with E-state index in [4.69, 9.17) is 9.84 Å². The average Bonchev–Trinajstić information content (AvgIpc) is 3.10. The number of amides is 2. The van der Waals surface area contributed by atoms with Crippen LogP contribution in [-0.2, 0) is 19.1 Å². The third-order valence-corrected chi connectivity index (χ3v) is 7.12. The fourth-order valence-corrected chi connectivity index (χ4v) is 5.34. The van der Waals surface area contributed by atoms with E-state index in [1.807, 2.05) is 51.1 Å². The molecule has 0 unspecified atom stereocenters. The van der Waals surface area contributed by atoms with Crippen LogP contribution in [0.5, 0.6) is 0 Å². The molecule has 1 heterocycles. The van der Waals surface area contributed by atoms with Gasteiger partial charge in [0.2, 0.25) is 11.8 Å². The summed E-state index contributed by atoms with van der Waals surface area (Å²) < 4.78 is 5.37. The quantitative estimate of drug-likeness (QED) is 0.309. The normalized spacial score (nSPS) is 25.9. The van der Waals surface area contributed by atoms with E-state index in [-0.39, 0.29) is 36.9 Å². The summed E-state index contributed by atoms with van der Waals surface area (Å²) in [5.41, 5.74) is 2.71. The van der Waals surface area contributed by atoms with E-state index in [0.717, 1.165) is 23.2 Å². The Balaban J connectivity index is 1.95. The number of carbonyl (C=O) groups is 3. The molecule has 0 aromatic heterocycles. The Morgan fingerprint density at radius 3 is 2.56 bits per heavy atom. The zero-order valence-electron chi connectivity index (χ0n) is 20.8. The molecule has 2 N–H and O–H groups in total. The van der Waals surface area contributed by atoms with Gasteiger partial charge in [0.1, 0.15) is 6.04 Å². The Hall–Kier alpha value is -2.67. The van der Waals surface area contributed by atoms with E-state index in [2.05, 4.69) is 5.32 Å². The second-order valence-electron chi connectivity index (χ2n) is 9.41. The molecule has 3 rings (SSSR count). The lowest BCUT2D eigenvalue weighted by Gasteiger charge is -2.33. The third kappa shape index (κ3) is 5.35. The van der Waals surface area contributed by atoms with Crippen LogP contribution in [0.4, 0.5) is 5.69 Å². The highest BCUT2D eigenvalue weighted by Crippen LogP contribution is 2.45. The minimum Gasteiger partial charge on any atom is -0.466 e. The van der Waals surface area contributed by atoms with Crippen LogP contribution in [0, 0.1) is 37.5 Å². The number of benzene rings is 1. The van der Waals surface area contributed by atoms with Crippen LogP contribution < -0.4 is 5.32 Å². The molecule has 2 aliphatic rings. The van der Waals surface area contributed by atoms with Gasteiger partial charge in [-0.15, -0.1) is 0 Å². The molecule has 5 atom stereocenters. The van der Waals surface area contributed by atoms with Gasteiger partial charge in [-0.25, -0.2) is 0 Å². The van der Waals surface area contributed by atoms with Crippen molar-refractivity contribution in [3.8, 4) is 0 Å². The van der Waals surface area contributed by atoms with Gasteiger partial charge in [0, 0.05) is 24.8 Å². The highest BCUT2D eigenvalue weighted by Gasteiger charge is 2.57. The molecule has 7 heteroatoms. The summed E-state index contributed by atoms with van der Waals surface area (Å²) >= 11 is 0. The number of esters is 1. The molecule has 1 saturated heterocycles. The van der Waals surface area contributed by atoms with E-state index in [9.17, 15) is 14.4 Å². The van der Waals surface area contributed by atoms with Gasteiger partial charge in [-0.3, -0.25) is 14.4 Å². The van der Waals surface area contributed by atoms with Crippen molar-refractivity contribution in [2.24, 2.45) is 23.7 Å². The molecule has 1 aromatic rings. The van der Waals surface area contributed by atoms with Gasteiger partial charge >= 0.3 is 5.97 Å². The molecular formula is C27H38N2O5. The maximum absolute atomic E-state index is 13.7. The van der Waals surface area contributed by atoms with Gasteiger partial charge in [-0.05, 0) is 69.6 Å². The largest absolute Gasteiger partial charge is 0.466 e. The fraction of sp³-hybridized carbons (Fsp3) is 0.593. The lowest BCUT2D eigenvalue weighted by atomic mass is 9.69. The second kappa shape index (κ2) is 11.6. The average molecular weight is 471 g/mol. The van der Waals surface area contributed by atoms with Crippen molar-refractivity contribution in [1.29, 1.82) is 0 Å². The van der Waals surface area contributed by atoms with Crippen LogP contribution in [0.3, 0.4) is 0 Å². The minimum atomic E-state index is -0.697. The van der Waals surface area contributed by atoms with Crippen molar-refractivity contribution in [3.05, 3.63) is 41.5 Å². The molecule has 1 aliphatic carbocycles. The summed E-state index contributed by atoms with van der Waals surface area (Å²) in [4.78, 5) is 42.0. The number of aryl methyl sites for hydroxylation is 2. The molecule has 0 radical (unpaired) electrons. The smallest absolute Gasteiger partial charge is 0.310 e. The van der Waals surface area contributed by atoms with Crippen molar-refractivity contribution in [2.45, 2.75) is 59.4 Å². The number of likely N-dealkylation sites (tertiary alicyclic amines) is 1. The summed E-state index contributed by atoms with van der Waals surface area (Å²) in [6, 6.07) is 5.19. The summed E-state index contributed by atoms with van der Waals surface area (Å²) in [5.74, 6) is -2.45. The molecule has 2 amide bonds. The number of unbranched alkanes of at least 4 members (excludes halogenated alkanes) is 2. The summed E-state index contributed by atoms with van der Waals surface area (Å²) in [6.07, 6.45) is 6.76. The van der Waals surface area contributed by atoms with E-state index >= 15 is 0 Å². The molecule has 0 bridgehead atoms. The first-order chi connectivity index (χ1) is 16.3. The van der Waals surface area contributed by atoms with Gasteiger partial charge < -0.3 is 20.1 Å². The third-order valence-electron chi connectivity index (χ3n) is 7.12. The van der Waals surface area contributed by atoms with Gasteiger partial charge in [0.05, 0.1) is 18.4 Å². The molecule has 34 heavy (non-hydrogen) atoms. The zero-order chi connectivity index (χ0) is 24.8. The minimum absolute atomic E-state index is 0.0960. The van der Waals surface area contributed by atoms with Crippen LogP contribution in [-0.4, -0.2) is 53.6 Å². The summed E-state index contributed by atoms with van der Waals surface area (Å²) in [7, 11) is 0. The molecule has 0 spiro atoms. The predicted octanol–water partition coefficient (Wildman–Crippen LogP) is 3.62. The van der Waals surface area contributed by atoms with E-state index in [1.54, 1.807) is 11.8 Å². The first-order valence-electron chi connectivity index (χ1n) is 12.5. The van der Waals surface area contributed by atoms with Crippen LogP contribution >= 0.6 is 0 Å². The molecule has 186 valence electrons. The lowest BCUT2D eigenvalue weighted by Crippen LogP contribution is -2.44. The number of anilines is 1. The fourth-order valence-electron chi connectivity index (χ4n) is 5.34. The Morgan fingerprint density at radius 2 is 1.88 bits per heavy atom. The number of fused-ring (bicyclic) bond motifs is 1. The molecule has 7 nitrogen and oxygen atoms in total. The molecular weight excluding hydrogens is 432 g/mol. The number of allylic oxidation sites excluding steroid dienone is 1. The van der Waals surface area contributed by atoms with E-state index in [1.165, 1.54) is 0 Å². The van der Waals surface area contributed by atoms with E-state index in [0.29, 0.717) is 25.8 Å². The highest BCUT2D eigenvalue weighted by molar-refractivity contribution is 6.02. The summed E-state index contributed by atoms with van der Waals surface area (Å²) in [5, 5.41) is 12.2. The van der Waals surface area contributed by atoms with Crippen molar-refractivity contribution in [3.63, 3.8) is 0 Å². The number of aliphatic hydroxyl groups is 1. The number of carbonyl (C=O) groups excluding carboxylic acids is 3. The van der Waals surface area contributed by atoms with Gasteiger partial charge in [0.25, 0.3) is 0 Å². The molecule has 1 aromatic carbocycles. The number of nitrogens with one attached hydrogen (secondary N) is 1. The number of nitrogens with zero attached hydrogens (tertiary/aromatic N) is 1.